The van der Waals surface area contributed by atoms with Gasteiger partial charge in [0.2, 0.25) is 0 Å². The van der Waals surface area contributed by atoms with Gasteiger partial charge in [0.15, 0.2) is 0 Å². The number of nitriles is 2. The standard InChI is InChI=1S/C38H20N2OS/c39-21-24-8-1-2-9-26(24)31-18-25(23-16-17-28-27-10-4-6-15-36(27)42-37(28)20-23)19-32(33(31)22-40)29-12-7-14-35-38(29)30-11-3-5-13-34(30)41-35/h1-20H. The minimum atomic E-state index is 0.530. The fourth-order valence-corrected chi connectivity index (χ4v) is 7.22. The fraction of sp³-hybridized carbons (Fsp3) is 0. The number of benzene rings is 6. The number of rotatable bonds is 3. The number of hydrogen-bond donors (Lipinski definition) is 0. The van der Waals surface area contributed by atoms with Gasteiger partial charge in [-0.15, -0.1) is 11.3 Å². The van der Waals surface area contributed by atoms with E-state index in [4.69, 9.17) is 4.42 Å². The largest absolute Gasteiger partial charge is 0.456 e. The molecule has 2 heterocycles. The lowest BCUT2D eigenvalue weighted by Crippen LogP contribution is -1.95. The van der Waals surface area contributed by atoms with E-state index in [1.165, 1.54) is 20.2 Å². The summed E-state index contributed by atoms with van der Waals surface area (Å²) in [6.45, 7) is 0. The summed E-state index contributed by atoms with van der Waals surface area (Å²) < 4.78 is 8.67. The maximum atomic E-state index is 10.7. The predicted octanol–water partition coefficient (Wildman–Crippen LogP) is 10.7. The van der Waals surface area contributed by atoms with Gasteiger partial charge in [-0.05, 0) is 59.2 Å². The highest BCUT2D eigenvalue weighted by atomic mass is 32.1. The molecule has 0 saturated heterocycles. The molecule has 0 aliphatic carbocycles. The van der Waals surface area contributed by atoms with Crippen molar-refractivity contribution in [2.45, 2.75) is 0 Å². The van der Waals surface area contributed by atoms with Crippen molar-refractivity contribution in [3.63, 3.8) is 0 Å². The van der Waals surface area contributed by atoms with E-state index in [0.29, 0.717) is 11.1 Å². The summed E-state index contributed by atoms with van der Waals surface area (Å²) in [5.74, 6) is 0. The number of furan rings is 1. The Morgan fingerprint density at radius 2 is 1.19 bits per heavy atom. The van der Waals surface area contributed by atoms with Crippen LogP contribution in [-0.2, 0) is 0 Å². The average molecular weight is 553 g/mol. The van der Waals surface area contributed by atoms with Crippen LogP contribution in [0.5, 0.6) is 0 Å². The van der Waals surface area contributed by atoms with Gasteiger partial charge in [-0.25, -0.2) is 0 Å². The molecule has 0 saturated carbocycles. The Kier molecular flexibility index (Phi) is 5.44. The summed E-state index contributed by atoms with van der Waals surface area (Å²) in [6.07, 6.45) is 0. The molecule has 2 aromatic heterocycles. The van der Waals surface area contributed by atoms with Crippen LogP contribution in [0.1, 0.15) is 11.1 Å². The average Bonchev–Trinajstić information content (AvgIpc) is 3.62. The third-order valence-corrected chi connectivity index (χ3v) is 9.13. The van der Waals surface area contributed by atoms with Crippen molar-refractivity contribution in [1.29, 1.82) is 10.5 Å². The molecule has 3 nitrogen and oxygen atoms in total. The van der Waals surface area contributed by atoms with Gasteiger partial charge >= 0.3 is 0 Å². The lowest BCUT2D eigenvalue weighted by Gasteiger charge is -2.16. The van der Waals surface area contributed by atoms with E-state index < -0.39 is 0 Å². The second-order valence-electron chi connectivity index (χ2n) is 10.3. The van der Waals surface area contributed by atoms with Crippen LogP contribution in [0.2, 0.25) is 0 Å². The quantitative estimate of drug-likeness (QED) is 0.219. The van der Waals surface area contributed by atoms with Crippen molar-refractivity contribution in [3.8, 4) is 45.5 Å². The third kappa shape index (κ3) is 3.64. The third-order valence-electron chi connectivity index (χ3n) is 7.99. The van der Waals surface area contributed by atoms with E-state index in [2.05, 4.69) is 78.9 Å². The van der Waals surface area contributed by atoms with Gasteiger partial charge in [-0.2, -0.15) is 10.5 Å². The first-order chi connectivity index (χ1) is 20.7. The lowest BCUT2D eigenvalue weighted by atomic mass is 9.86. The van der Waals surface area contributed by atoms with E-state index in [-0.39, 0.29) is 0 Å². The minimum Gasteiger partial charge on any atom is -0.456 e. The molecule has 6 aromatic carbocycles. The smallest absolute Gasteiger partial charge is 0.136 e. The number of para-hydroxylation sites is 1. The molecular weight excluding hydrogens is 532 g/mol. The molecule has 0 unspecified atom stereocenters. The summed E-state index contributed by atoms with van der Waals surface area (Å²) in [4.78, 5) is 0. The van der Waals surface area contributed by atoms with E-state index in [1.54, 1.807) is 17.4 Å². The van der Waals surface area contributed by atoms with Crippen molar-refractivity contribution in [2.24, 2.45) is 0 Å². The number of fused-ring (bicyclic) bond motifs is 6. The minimum absolute atomic E-state index is 0.530. The highest BCUT2D eigenvalue weighted by molar-refractivity contribution is 7.25. The van der Waals surface area contributed by atoms with Gasteiger partial charge in [0.25, 0.3) is 0 Å². The Morgan fingerprint density at radius 3 is 2.05 bits per heavy atom. The summed E-state index contributed by atoms with van der Waals surface area (Å²) in [5, 5.41) is 25.1. The lowest BCUT2D eigenvalue weighted by molar-refractivity contribution is 0.669. The molecule has 0 bridgehead atoms. The molecule has 4 heteroatoms. The highest BCUT2D eigenvalue weighted by Crippen LogP contribution is 2.44. The Balaban J connectivity index is 1.46. The first-order valence-electron chi connectivity index (χ1n) is 13.6. The fourth-order valence-electron chi connectivity index (χ4n) is 6.07. The van der Waals surface area contributed by atoms with Crippen LogP contribution in [0.15, 0.2) is 126 Å². The Morgan fingerprint density at radius 1 is 0.500 bits per heavy atom. The van der Waals surface area contributed by atoms with Crippen molar-refractivity contribution < 1.29 is 4.42 Å². The zero-order valence-electron chi connectivity index (χ0n) is 22.3. The molecule has 0 fully saturated rings. The molecule has 0 aliphatic heterocycles. The van der Waals surface area contributed by atoms with Crippen molar-refractivity contribution in [2.75, 3.05) is 0 Å². The second-order valence-corrected chi connectivity index (χ2v) is 11.4. The molecule has 42 heavy (non-hydrogen) atoms. The first kappa shape index (κ1) is 24.1. The normalized spacial score (nSPS) is 11.3. The molecule has 0 spiro atoms. The topological polar surface area (TPSA) is 60.7 Å². The maximum absolute atomic E-state index is 10.7. The van der Waals surface area contributed by atoms with Crippen molar-refractivity contribution in [3.05, 3.63) is 132 Å². The van der Waals surface area contributed by atoms with Gasteiger partial charge in [0, 0.05) is 47.6 Å². The molecule has 0 N–H and O–H groups in total. The molecule has 0 aliphatic rings. The van der Waals surface area contributed by atoms with Crippen LogP contribution < -0.4 is 0 Å². The predicted molar refractivity (Wildman–Crippen MR) is 172 cm³/mol. The van der Waals surface area contributed by atoms with Crippen molar-refractivity contribution >= 4 is 53.4 Å². The first-order valence-corrected chi connectivity index (χ1v) is 14.4. The summed E-state index contributed by atoms with van der Waals surface area (Å²) >= 11 is 1.78. The Hall–Kier alpha value is -5.68. The Bertz CT molecular complexity index is 2450. The van der Waals surface area contributed by atoms with Gasteiger partial charge in [-0.1, -0.05) is 78.9 Å². The van der Waals surface area contributed by atoms with Gasteiger partial charge in [0.1, 0.15) is 17.2 Å². The van der Waals surface area contributed by atoms with Gasteiger partial charge in [0.05, 0.1) is 17.2 Å². The monoisotopic (exact) mass is 552 g/mol. The van der Waals surface area contributed by atoms with Crippen LogP contribution in [0, 0.1) is 22.7 Å². The highest BCUT2D eigenvalue weighted by Gasteiger charge is 2.21. The van der Waals surface area contributed by atoms with Crippen molar-refractivity contribution in [1.82, 2.24) is 0 Å². The van der Waals surface area contributed by atoms with Crippen LogP contribution in [-0.4, -0.2) is 0 Å². The summed E-state index contributed by atoms with van der Waals surface area (Å²) in [7, 11) is 0. The summed E-state index contributed by atoms with van der Waals surface area (Å²) in [6, 6.07) is 45.5. The van der Waals surface area contributed by atoms with Crippen LogP contribution >= 0.6 is 11.3 Å². The molecular formula is C38H20N2OS. The van der Waals surface area contributed by atoms with Gasteiger partial charge < -0.3 is 4.42 Å². The van der Waals surface area contributed by atoms with E-state index in [0.717, 1.165) is 55.3 Å². The molecule has 0 atom stereocenters. The number of thiophene rings is 1. The number of nitrogens with zero attached hydrogens (tertiary/aromatic N) is 2. The van der Waals surface area contributed by atoms with E-state index in [9.17, 15) is 10.5 Å². The van der Waals surface area contributed by atoms with E-state index in [1.807, 2.05) is 48.5 Å². The van der Waals surface area contributed by atoms with E-state index >= 15 is 0 Å². The maximum Gasteiger partial charge on any atom is 0.136 e. The SMILES string of the molecule is N#Cc1ccccc1-c1cc(-c2ccc3c(c2)sc2ccccc23)cc(-c2cccc3oc4ccccc4c23)c1C#N. The van der Waals surface area contributed by atoms with Gasteiger partial charge in [-0.3, -0.25) is 0 Å². The Labute approximate surface area is 245 Å². The molecule has 194 valence electrons. The van der Waals surface area contributed by atoms with Crippen LogP contribution in [0.25, 0.3) is 75.5 Å². The molecule has 0 amide bonds. The van der Waals surface area contributed by atoms with Crippen LogP contribution in [0.3, 0.4) is 0 Å². The van der Waals surface area contributed by atoms with Crippen LogP contribution in [0.4, 0.5) is 0 Å². The molecule has 0 radical (unpaired) electrons. The molecule has 8 aromatic rings. The number of hydrogen-bond acceptors (Lipinski definition) is 4. The second kappa shape index (κ2) is 9.46. The zero-order chi connectivity index (χ0) is 28.2. The molecule has 8 rings (SSSR count). The summed E-state index contributed by atoms with van der Waals surface area (Å²) in [5.41, 5.74) is 7.89. The zero-order valence-corrected chi connectivity index (χ0v) is 23.1.